The molecule has 0 heterocycles. The molecule has 2 rings (SSSR count). The molecule has 104 valence electrons. The Morgan fingerprint density at radius 2 is 1.89 bits per heavy atom. The van der Waals surface area contributed by atoms with E-state index in [0.717, 1.165) is 11.3 Å². The molecule has 0 saturated heterocycles. The van der Waals surface area contributed by atoms with Gasteiger partial charge in [0.05, 0.1) is 5.56 Å². The lowest BCUT2D eigenvalue weighted by Gasteiger charge is -2.36. The van der Waals surface area contributed by atoms with Crippen LogP contribution < -0.4 is 5.32 Å². The topological polar surface area (TPSA) is 49.3 Å². The van der Waals surface area contributed by atoms with E-state index in [4.69, 9.17) is 0 Å². The molecule has 2 atom stereocenters. The van der Waals surface area contributed by atoms with Gasteiger partial charge in [-0.15, -0.1) is 0 Å². The Morgan fingerprint density at radius 3 is 2.47 bits per heavy atom. The van der Waals surface area contributed by atoms with Crippen molar-refractivity contribution in [1.82, 2.24) is 0 Å². The Labute approximate surface area is 115 Å². The molecule has 19 heavy (non-hydrogen) atoms. The van der Waals surface area contributed by atoms with E-state index in [1.807, 2.05) is 19.1 Å². The van der Waals surface area contributed by atoms with Crippen LogP contribution in [0.1, 0.15) is 49.0 Å². The molecule has 0 aliphatic heterocycles. The Kier molecular flexibility index (Phi) is 4.13. The van der Waals surface area contributed by atoms with Gasteiger partial charge in [-0.25, -0.2) is 4.79 Å². The van der Waals surface area contributed by atoms with Gasteiger partial charge in [0, 0.05) is 11.7 Å². The van der Waals surface area contributed by atoms with Crippen LogP contribution in [0.3, 0.4) is 0 Å². The van der Waals surface area contributed by atoms with Crippen LogP contribution in [-0.4, -0.2) is 17.1 Å². The lowest BCUT2D eigenvalue weighted by molar-refractivity contribution is 0.0696. The molecule has 0 amide bonds. The molecule has 1 aliphatic rings. The summed E-state index contributed by atoms with van der Waals surface area (Å²) in [5.41, 5.74) is 2.19. The third kappa shape index (κ3) is 2.91. The van der Waals surface area contributed by atoms with Crippen LogP contribution >= 0.6 is 0 Å². The molecular weight excluding hydrogens is 238 g/mol. The Bertz CT molecular complexity index is 460. The maximum atomic E-state index is 11.2. The SMILES string of the molecule is Cc1c(NC2C(C)CCCC2C)cccc1C(=O)O. The van der Waals surface area contributed by atoms with Crippen molar-refractivity contribution in [3.8, 4) is 0 Å². The summed E-state index contributed by atoms with van der Waals surface area (Å²) >= 11 is 0. The van der Waals surface area contributed by atoms with Crippen LogP contribution in [0.2, 0.25) is 0 Å². The highest BCUT2D eigenvalue weighted by molar-refractivity contribution is 5.91. The maximum Gasteiger partial charge on any atom is 0.336 e. The normalized spacial score (nSPS) is 27.0. The zero-order chi connectivity index (χ0) is 14.0. The molecular formula is C16H23NO2. The summed E-state index contributed by atoms with van der Waals surface area (Å²) in [4.78, 5) is 11.2. The molecule has 0 radical (unpaired) electrons. The van der Waals surface area contributed by atoms with Crippen molar-refractivity contribution < 1.29 is 9.90 Å². The number of rotatable bonds is 3. The molecule has 2 N–H and O–H groups in total. The summed E-state index contributed by atoms with van der Waals surface area (Å²) in [5.74, 6) is 0.416. The molecule has 1 saturated carbocycles. The van der Waals surface area contributed by atoms with Gasteiger partial charge in [0.15, 0.2) is 0 Å². The first-order valence-electron chi connectivity index (χ1n) is 7.10. The number of carboxylic acid groups (broad SMARTS) is 1. The number of nitrogens with one attached hydrogen (secondary N) is 1. The van der Waals surface area contributed by atoms with E-state index in [2.05, 4.69) is 19.2 Å². The van der Waals surface area contributed by atoms with Crippen LogP contribution in [0.4, 0.5) is 5.69 Å². The van der Waals surface area contributed by atoms with E-state index in [1.165, 1.54) is 19.3 Å². The van der Waals surface area contributed by atoms with E-state index in [-0.39, 0.29) is 0 Å². The molecule has 0 bridgehead atoms. The molecule has 1 aromatic rings. The molecule has 0 spiro atoms. The Morgan fingerprint density at radius 1 is 1.26 bits per heavy atom. The maximum absolute atomic E-state index is 11.2. The average Bonchev–Trinajstić information content (AvgIpc) is 2.35. The van der Waals surface area contributed by atoms with E-state index >= 15 is 0 Å². The zero-order valence-corrected chi connectivity index (χ0v) is 11.9. The first-order valence-corrected chi connectivity index (χ1v) is 7.10. The van der Waals surface area contributed by atoms with Crippen molar-refractivity contribution in [1.29, 1.82) is 0 Å². The highest BCUT2D eigenvalue weighted by Gasteiger charge is 2.28. The van der Waals surface area contributed by atoms with Crippen LogP contribution in [0.25, 0.3) is 0 Å². The second-order valence-corrected chi connectivity index (χ2v) is 5.84. The third-order valence-corrected chi connectivity index (χ3v) is 4.43. The van der Waals surface area contributed by atoms with Gasteiger partial charge in [-0.2, -0.15) is 0 Å². The van der Waals surface area contributed by atoms with Gasteiger partial charge in [-0.05, 0) is 49.3 Å². The number of benzene rings is 1. The zero-order valence-electron chi connectivity index (χ0n) is 11.9. The Hall–Kier alpha value is -1.51. The quantitative estimate of drug-likeness (QED) is 0.866. The van der Waals surface area contributed by atoms with Crippen molar-refractivity contribution >= 4 is 11.7 Å². The lowest BCUT2D eigenvalue weighted by atomic mass is 9.78. The predicted octanol–water partition coefficient (Wildman–Crippen LogP) is 3.93. The van der Waals surface area contributed by atoms with Crippen LogP contribution in [0, 0.1) is 18.8 Å². The monoisotopic (exact) mass is 261 g/mol. The van der Waals surface area contributed by atoms with E-state index in [1.54, 1.807) is 6.07 Å². The number of anilines is 1. The minimum absolute atomic E-state index is 0.390. The molecule has 1 fully saturated rings. The number of carboxylic acids is 1. The van der Waals surface area contributed by atoms with Gasteiger partial charge in [0.25, 0.3) is 0 Å². The van der Waals surface area contributed by atoms with Crippen LogP contribution in [-0.2, 0) is 0 Å². The fourth-order valence-corrected chi connectivity index (χ4v) is 3.17. The summed E-state index contributed by atoms with van der Waals surface area (Å²) in [7, 11) is 0. The first-order chi connectivity index (χ1) is 9.00. The molecule has 1 aromatic carbocycles. The van der Waals surface area contributed by atoms with Gasteiger partial charge in [-0.1, -0.05) is 26.3 Å². The minimum atomic E-state index is -0.856. The summed E-state index contributed by atoms with van der Waals surface area (Å²) < 4.78 is 0. The lowest BCUT2D eigenvalue weighted by Crippen LogP contribution is -2.37. The summed E-state index contributed by atoms with van der Waals surface area (Å²) in [6, 6.07) is 5.90. The summed E-state index contributed by atoms with van der Waals surface area (Å²) in [6.07, 6.45) is 3.80. The first kappa shape index (κ1) is 13.9. The van der Waals surface area contributed by atoms with Gasteiger partial charge < -0.3 is 10.4 Å². The van der Waals surface area contributed by atoms with Crippen LogP contribution in [0.15, 0.2) is 18.2 Å². The molecule has 3 nitrogen and oxygen atoms in total. The van der Waals surface area contributed by atoms with E-state index in [0.29, 0.717) is 23.4 Å². The third-order valence-electron chi connectivity index (χ3n) is 4.43. The highest BCUT2D eigenvalue weighted by Crippen LogP contribution is 2.32. The smallest absolute Gasteiger partial charge is 0.336 e. The van der Waals surface area contributed by atoms with Gasteiger partial charge in [0.2, 0.25) is 0 Å². The fraction of sp³-hybridized carbons (Fsp3) is 0.562. The molecule has 0 aromatic heterocycles. The van der Waals surface area contributed by atoms with Crippen molar-refractivity contribution in [2.75, 3.05) is 5.32 Å². The standard InChI is InChI=1S/C16H23NO2/c1-10-6-4-7-11(2)15(10)17-14-9-5-8-13(12(14)3)16(18)19/h5,8-11,15,17H,4,6-7H2,1-3H3,(H,18,19). The van der Waals surface area contributed by atoms with Crippen molar-refractivity contribution in [3.63, 3.8) is 0 Å². The van der Waals surface area contributed by atoms with Gasteiger partial charge in [-0.3, -0.25) is 0 Å². The Balaban J connectivity index is 2.23. The van der Waals surface area contributed by atoms with Crippen molar-refractivity contribution in [2.45, 2.75) is 46.1 Å². The summed E-state index contributed by atoms with van der Waals surface area (Å²) in [6.45, 7) is 6.44. The van der Waals surface area contributed by atoms with E-state index in [9.17, 15) is 9.90 Å². The molecule has 1 aliphatic carbocycles. The van der Waals surface area contributed by atoms with Crippen molar-refractivity contribution in [2.24, 2.45) is 11.8 Å². The largest absolute Gasteiger partial charge is 0.478 e. The van der Waals surface area contributed by atoms with Gasteiger partial charge >= 0.3 is 5.97 Å². The fourth-order valence-electron chi connectivity index (χ4n) is 3.17. The molecule has 3 heteroatoms. The average molecular weight is 261 g/mol. The number of hydrogen-bond donors (Lipinski definition) is 2. The summed E-state index contributed by atoms with van der Waals surface area (Å²) in [5, 5.41) is 12.8. The van der Waals surface area contributed by atoms with Crippen LogP contribution in [0.5, 0.6) is 0 Å². The number of hydrogen-bond acceptors (Lipinski definition) is 2. The molecule has 2 unspecified atom stereocenters. The highest BCUT2D eigenvalue weighted by atomic mass is 16.4. The number of carbonyl (C=O) groups is 1. The minimum Gasteiger partial charge on any atom is -0.478 e. The van der Waals surface area contributed by atoms with E-state index < -0.39 is 5.97 Å². The van der Waals surface area contributed by atoms with Crippen molar-refractivity contribution in [3.05, 3.63) is 29.3 Å². The second-order valence-electron chi connectivity index (χ2n) is 5.84. The van der Waals surface area contributed by atoms with Gasteiger partial charge in [0.1, 0.15) is 0 Å². The number of aromatic carboxylic acids is 1. The second kappa shape index (κ2) is 5.64. The predicted molar refractivity (Wildman–Crippen MR) is 77.7 cm³/mol.